The number of ketones is 1. The zero-order chi connectivity index (χ0) is 15.4. The molecule has 0 saturated heterocycles. The first-order chi connectivity index (χ1) is 9.52. The van der Waals surface area contributed by atoms with Crippen molar-refractivity contribution in [1.29, 1.82) is 0 Å². The highest BCUT2D eigenvalue weighted by atomic mass is 16.5. The summed E-state index contributed by atoms with van der Waals surface area (Å²) in [6.45, 7) is 5.64. The summed E-state index contributed by atoms with van der Waals surface area (Å²) in [5.74, 6) is -1.37. The summed E-state index contributed by atoms with van der Waals surface area (Å²) in [5.41, 5.74) is 0. The van der Waals surface area contributed by atoms with E-state index in [1.165, 1.54) is 6.92 Å². The average Bonchev–Trinajstić information content (AvgIpc) is 2.37. The molecular formula is C15H26O5. The molecule has 116 valence electrons. The number of unbranched alkanes of at least 4 members (excludes halogenated alkanes) is 3. The van der Waals surface area contributed by atoms with Gasteiger partial charge in [-0.2, -0.15) is 0 Å². The molecule has 0 aromatic heterocycles. The van der Waals surface area contributed by atoms with Gasteiger partial charge in [-0.1, -0.05) is 19.3 Å². The monoisotopic (exact) mass is 286 g/mol. The van der Waals surface area contributed by atoms with Crippen LogP contribution in [0.3, 0.4) is 0 Å². The first-order valence-corrected chi connectivity index (χ1v) is 7.35. The van der Waals surface area contributed by atoms with Crippen LogP contribution in [0.15, 0.2) is 0 Å². The molecule has 5 nitrogen and oxygen atoms in total. The van der Waals surface area contributed by atoms with Crippen LogP contribution in [-0.4, -0.2) is 30.9 Å². The van der Waals surface area contributed by atoms with Gasteiger partial charge < -0.3 is 9.47 Å². The highest BCUT2D eigenvalue weighted by Crippen LogP contribution is 2.14. The number of hydrogen-bond donors (Lipinski definition) is 0. The van der Waals surface area contributed by atoms with E-state index < -0.39 is 11.9 Å². The second-order valence-corrected chi connectivity index (χ2v) is 4.67. The molecule has 20 heavy (non-hydrogen) atoms. The van der Waals surface area contributed by atoms with Gasteiger partial charge in [0.25, 0.3) is 0 Å². The molecule has 0 radical (unpaired) electrons. The molecule has 0 N–H and O–H groups in total. The van der Waals surface area contributed by atoms with E-state index in [4.69, 9.17) is 9.47 Å². The maximum Gasteiger partial charge on any atom is 0.316 e. The predicted octanol–water partition coefficient (Wildman–Crippen LogP) is 2.66. The van der Waals surface area contributed by atoms with Crippen molar-refractivity contribution in [2.45, 2.75) is 59.3 Å². The van der Waals surface area contributed by atoms with Crippen molar-refractivity contribution in [1.82, 2.24) is 0 Å². The quantitative estimate of drug-likeness (QED) is 0.332. The molecule has 0 heterocycles. The standard InChI is InChI=1S/C15H26O5/c1-4-19-14(17)11-9-7-6-8-10-13(12(3)16)15(18)20-5-2/h13H,4-11H2,1-3H3. The van der Waals surface area contributed by atoms with Gasteiger partial charge in [-0.05, 0) is 33.6 Å². The Morgan fingerprint density at radius 2 is 1.50 bits per heavy atom. The zero-order valence-corrected chi connectivity index (χ0v) is 12.8. The highest BCUT2D eigenvalue weighted by Gasteiger charge is 2.23. The average molecular weight is 286 g/mol. The Balaban J connectivity index is 3.77. The number of ether oxygens (including phenoxy) is 2. The van der Waals surface area contributed by atoms with Crippen LogP contribution in [0.4, 0.5) is 0 Å². The molecule has 1 atom stereocenters. The largest absolute Gasteiger partial charge is 0.466 e. The summed E-state index contributed by atoms with van der Waals surface area (Å²) >= 11 is 0. The van der Waals surface area contributed by atoms with Crippen molar-refractivity contribution in [3.8, 4) is 0 Å². The molecule has 0 aromatic carbocycles. The Bertz CT molecular complexity index is 311. The van der Waals surface area contributed by atoms with E-state index in [9.17, 15) is 14.4 Å². The molecule has 0 spiro atoms. The van der Waals surface area contributed by atoms with Crippen molar-refractivity contribution < 1.29 is 23.9 Å². The van der Waals surface area contributed by atoms with E-state index in [1.54, 1.807) is 13.8 Å². The van der Waals surface area contributed by atoms with Crippen molar-refractivity contribution in [3.05, 3.63) is 0 Å². The van der Waals surface area contributed by atoms with Crippen LogP contribution >= 0.6 is 0 Å². The molecule has 5 heteroatoms. The van der Waals surface area contributed by atoms with E-state index >= 15 is 0 Å². The Morgan fingerprint density at radius 3 is 2.05 bits per heavy atom. The van der Waals surface area contributed by atoms with Crippen LogP contribution in [-0.2, 0) is 23.9 Å². The van der Waals surface area contributed by atoms with Gasteiger partial charge >= 0.3 is 11.9 Å². The molecule has 0 aliphatic heterocycles. The fourth-order valence-corrected chi connectivity index (χ4v) is 1.93. The fraction of sp³-hybridized carbons (Fsp3) is 0.800. The van der Waals surface area contributed by atoms with Crippen LogP contribution in [0.25, 0.3) is 0 Å². The minimum atomic E-state index is -0.639. The van der Waals surface area contributed by atoms with Gasteiger partial charge in [0.2, 0.25) is 0 Å². The summed E-state index contributed by atoms with van der Waals surface area (Å²) in [7, 11) is 0. The molecule has 1 unspecified atom stereocenters. The van der Waals surface area contributed by atoms with Crippen molar-refractivity contribution in [3.63, 3.8) is 0 Å². The summed E-state index contributed by atoms with van der Waals surface area (Å²) in [4.78, 5) is 34.0. The number of carbonyl (C=O) groups excluding carboxylic acids is 3. The lowest BCUT2D eigenvalue weighted by Crippen LogP contribution is -2.24. The first-order valence-electron chi connectivity index (χ1n) is 7.35. The highest BCUT2D eigenvalue weighted by molar-refractivity contribution is 5.97. The van der Waals surface area contributed by atoms with Crippen LogP contribution in [0.5, 0.6) is 0 Å². The zero-order valence-electron chi connectivity index (χ0n) is 12.8. The summed E-state index contributed by atoms with van der Waals surface area (Å²) in [6.07, 6.45) is 4.30. The second-order valence-electron chi connectivity index (χ2n) is 4.67. The Labute approximate surface area is 121 Å². The van der Waals surface area contributed by atoms with Gasteiger partial charge in [0.1, 0.15) is 11.7 Å². The molecule has 0 fully saturated rings. The smallest absolute Gasteiger partial charge is 0.316 e. The summed E-state index contributed by atoms with van der Waals surface area (Å²) in [6, 6.07) is 0. The topological polar surface area (TPSA) is 69.7 Å². The van der Waals surface area contributed by atoms with Gasteiger partial charge in [0.05, 0.1) is 13.2 Å². The van der Waals surface area contributed by atoms with E-state index in [0.717, 1.165) is 25.7 Å². The van der Waals surface area contributed by atoms with Crippen LogP contribution in [0.2, 0.25) is 0 Å². The third kappa shape index (κ3) is 8.67. The van der Waals surface area contributed by atoms with Crippen molar-refractivity contribution in [2.24, 2.45) is 5.92 Å². The summed E-state index contributed by atoms with van der Waals surface area (Å²) < 4.78 is 9.71. The minimum absolute atomic E-state index is 0.144. The van der Waals surface area contributed by atoms with Gasteiger partial charge in [-0.15, -0.1) is 0 Å². The molecule has 0 saturated carbocycles. The number of rotatable bonds is 11. The molecule has 0 aliphatic rings. The third-order valence-electron chi connectivity index (χ3n) is 2.99. The fourth-order valence-electron chi connectivity index (χ4n) is 1.93. The number of carbonyl (C=O) groups is 3. The molecule has 0 bridgehead atoms. The van der Waals surface area contributed by atoms with Gasteiger partial charge in [0.15, 0.2) is 0 Å². The number of esters is 2. The lowest BCUT2D eigenvalue weighted by atomic mass is 9.97. The Kier molecular flexibility index (Phi) is 10.6. The molecule has 0 aliphatic carbocycles. The molecular weight excluding hydrogens is 260 g/mol. The minimum Gasteiger partial charge on any atom is -0.466 e. The van der Waals surface area contributed by atoms with Gasteiger partial charge in [-0.3, -0.25) is 14.4 Å². The maximum atomic E-state index is 11.6. The number of hydrogen-bond acceptors (Lipinski definition) is 5. The number of Topliss-reactive ketones (excluding diaryl/α,β-unsaturated/α-hetero) is 1. The third-order valence-corrected chi connectivity index (χ3v) is 2.99. The maximum absolute atomic E-state index is 11.6. The van der Waals surface area contributed by atoms with Crippen LogP contribution in [0, 0.1) is 5.92 Å². The lowest BCUT2D eigenvalue weighted by molar-refractivity contribution is -0.151. The van der Waals surface area contributed by atoms with E-state index in [0.29, 0.717) is 26.1 Å². The Hall–Kier alpha value is -1.39. The van der Waals surface area contributed by atoms with Crippen LogP contribution < -0.4 is 0 Å². The van der Waals surface area contributed by atoms with Crippen molar-refractivity contribution >= 4 is 17.7 Å². The Morgan fingerprint density at radius 1 is 0.900 bits per heavy atom. The molecule has 0 rings (SSSR count). The van der Waals surface area contributed by atoms with E-state index in [1.807, 2.05) is 0 Å². The summed E-state index contributed by atoms with van der Waals surface area (Å²) in [5, 5.41) is 0. The first kappa shape index (κ1) is 18.6. The van der Waals surface area contributed by atoms with E-state index in [-0.39, 0.29) is 11.8 Å². The normalized spacial score (nSPS) is 11.8. The molecule has 0 aromatic rings. The second kappa shape index (κ2) is 11.4. The lowest BCUT2D eigenvalue weighted by Gasteiger charge is -2.12. The SMILES string of the molecule is CCOC(=O)CCCCCCC(C(C)=O)C(=O)OCC. The van der Waals surface area contributed by atoms with Gasteiger partial charge in [0, 0.05) is 6.42 Å². The van der Waals surface area contributed by atoms with E-state index in [2.05, 4.69) is 0 Å². The molecule has 0 amide bonds. The predicted molar refractivity (Wildman–Crippen MR) is 75.1 cm³/mol. The van der Waals surface area contributed by atoms with Crippen LogP contribution in [0.1, 0.15) is 59.3 Å². The van der Waals surface area contributed by atoms with Gasteiger partial charge in [-0.25, -0.2) is 0 Å². The van der Waals surface area contributed by atoms with Crippen molar-refractivity contribution in [2.75, 3.05) is 13.2 Å².